The summed E-state index contributed by atoms with van der Waals surface area (Å²) in [4.78, 5) is 15.3. The molecular formula is C10H14ClN5S. The zero-order valence-electron chi connectivity index (χ0n) is 9.53. The van der Waals surface area contributed by atoms with Crippen LogP contribution in [0.25, 0.3) is 11.2 Å². The Morgan fingerprint density at radius 3 is 3.12 bits per heavy atom. The lowest BCUT2D eigenvalue weighted by Gasteiger charge is -2.05. The van der Waals surface area contributed by atoms with Crippen LogP contribution in [0, 0.1) is 0 Å². The Labute approximate surface area is 109 Å². The number of halogens is 1. The minimum atomic E-state index is 0.219. The van der Waals surface area contributed by atoms with Crippen molar-refractivity contribution in [1.29, 1.82) is 0 Å². The van der Waals surface area contributed by atoms with E-state index in [1.807, 2.05) is 11.8 Å². The van der Waals surface area contributed by atoms with Gasteiger partial charge >= 0.3 is 0 Å². The standard InChI is InChI=1S/C10H14ClN5S/c1-17-5-3-2-4-12-8-7-9(14-6-13-7)16-10(11)15-8/h6H,2-5H2,1H3,(H2,12,13,14,15,16). The molecule has 0 aliphatic rings. The predicted octanol–water partition coefficient (Wildman–Crippen LogP) is 2.56. The van der Waals surface area contributed by atoms with Gasteiger partial charge in [0, 0.05) is 6.54 Å². The highest BCUT2D eigenvalue weighted by Gasteiger charge is 2.07. The molecule has 0 aromatic carbocycles. The topological polar surface area (TPSA) is 66.5 Å². The van der Waals surface area contributed by atoms with Gasteiger partial charge in [-0.25, -0.2) is 4.98 Å². The number of hydrogen-bond donors (Lipinski definition) is 2. The number of unbranched alkanes of at least 4 members (excludes halogenated alkanes) is 1. The normalized spacial score (nSPS) is 10.9. The molecule has 0 saturated heterocycles. The summed E-state index contributed by atoms with van der Waals surface area (Å²) >= 11 is 7.69. The Morgan fingerprint density at radius 1 is 1.41 bits per heavy atom. The van der Waals surface area contributed by atoms with Crippen molar-refractivity contribution in [2.24, 2.45) is 0 Å². The van der Waals surface area contributed by atoms with Crippen LogP contribution >= 0.6 is 23.4 Å². The number of aromatic amines is 1. The lowest BCUT2D eigenvalue weighted by Crippen LogP contribution is -2.05. The number of anilines is 1. The van der Waals surface area contributed by atoms with Gasteiger partial charge in [0.2, 0.25) is 5.28 Å². The van der Waals surface area contributed by atoms with Crippen LogP contribution in [0.3, 0.4) is 0 Å². The number of H-pyrrole nitrogens is 1. The van der Waals surface area contributed by atoms with Crippen molar-refractivity contribution in [2.45, 2.75) is 12.8 Å². The van der Waals surface area contributed by atoms with Crippen molar-refractivity contribution in [3.05, 3.63) is 11.6 Å². The summed E-state index contributed by atoms with van der Waals surface area (Å²) in [6.45, 7) is 0.877. The van der Waals surface area contributed by atoms with Gasteiger partial charge in [0.15, 0.2) is 11.5 Å². The zero-order chi connectivity index (χ0) is 12.1. The number of rotatable bonds is 6. The minimum absolute atomic E-state index is 0.219. The molecule has 0 radical (unpaired) electrons. The molecular weight excluding hydrogens is 258 g/mol. The van der Waals surface area contributed by atoms with Crippen LogP contribution in [-0.4, -0.2) is 38.5 Å². The Morgan fingerprint density at radius 2 is 2.29 bits per heavy atom. The molecule has 0 aliphatic carbocycles. The number of nitrogens with one attached hydrogen (secondary N) is 2. The summed E-state index contributed by atoms with van der Waals surface area (Å²) in [5.41, 5.74) is 1.40. The molecule has 5 nitrogen and oxygen atoms in total. The van der Waals surface area contributed by atoms with Crippen molar-refractivity contribution in [3.63, 3.8) is 0 Å². The minimum Gasteiger partial charge on any atom is -0.368 e. The summed E-state index contributed by atoms with van der Waals surface area (Å²) in [6.07, 6.45) is 6.01. The molecule has 0 bridgehead atoms. The second-order valence-corrected chi connectivity index (χ2v) is 4.89. The van der Waals surface area contributed by atoms with Gasteiger partial charge in [0.1, 0.15) is 5.52 Å². The van der Waals surface area contributed by atoms with Gasteiger partial charge in [0.25, 0.3) is 0 Å². The monoisotopic (exact) mass is 271 g/mol. The number of fused-ring (bicyclic) bond motifs is 1. The van der Waals surface area contributed by atoms with Crippen molar-refractivity contribution < 1.29 is 0 Å². The van der Waals surface area contributed by atoms with Crippen molar-refractivity contribution in [2.75, 3.05) is 23.9 Å². The predicted molar refractivity (Wildman–Crippen MR) is 72.8 cm³/mol. The molecule has 0 atom stereocenters. The summed E-state index contributed by atoms with van der Waals surface area (Å²) in [5, 5.41) is 3.48. The number of nitrogens with zero attached hydrogens (tertiary/aromatic N) is 3. The van der Waals surface area contributed by atoms with Crippen LogP contribution in [0.15, 0.2) is 6.33 Å². The third kappa shape index (κ3) is 3.23. The third-order valence-corrected chi connectivity index (χ3v) is 3.19. The van der Waals surface area contributed by atoms with Gasteiger partial charge in [-0.1, -0.05) is 0 Å². The number of hydrogen-bond acceptors (Lipinski definition) is 5. The van der Waals surface area contributed by atoms with E-state index in [-0.39, 0.29) is 5.28 Å². The van der Waals surface area contributed by atoms with E-state index in [9.17, 15) is 0 Å². The Balaban J connectivity index is 2.00. The SMILES string of the molecule is CSCCCCNc1nc(Cl)nc2nc[nH]c12. The average Bonchev–Trinajstić information content (AvgIpc) is 2.76. The van der Waals surface area contributed by atoms with E-state index in [1.165, 1.54) is 12.2 Å². The molecule has 92 valence electrons. The highest BCUT2D eigenvalue weighted by atomic mass is 35.5. The first kappa shape index (κ1) is 12.4. The molecule has 2 heterocycles. The number of thioether (sulfide) groups is 1. The van der Waals surface area contributed by atoms with Crippen molar-refractivity contribution in [3.8, 4) is 0 Å². The molecule has 0 saturated carbocycles. The maximum absolute atomic E-state index is 5.82. The Hall–Kier alpha value is -1.01. The van der Waals surface area contributed by atoms with Crippen molar-refractivity contribution in [1.82, 2.24) is 19.9 Å². The fourth-order valence-electron chi connectivity index (χ4n) is 1.51. The summed E-state index contributed by atoms with van der Waals surface area (Å²) in [7, 11) is 0. The molecule has 17 heavy (non-hydrogen) atoms. The Bertz CT molecular complexity index is 487. The van der Waals surface area contributed by atoms with Gasteiger partial charge in [-0.05, 0) is 36.5 Å². The number of imidazole rings is 1. The largest absolute Gasteiger partial charge is 0.368 e. The van der Waals surface area contributed by atoms with Gasteiger partial charge < -0.3 is 10.3 Å². The van der Waals surface area contributed by atoms with Gasteiger partial charge in [-0.3, -0.25) is 0 Å². The van der Waals surface area contributed by atoms with Gasteiger partial charge in [-0.15, -0.1) is 0 Å². The highest BCUT2D eigenvalue weighted by molar-refractivity contribution is 7.98. The molecule has 2 aromatic rings. The zero-order valence-corrected chi connectivity index (χ0v) is 11.1. The molecule has 0 spiro atoms. The molecule has 0 fully saturated rings. The van der Waals surface area contributed by atoms with E-state index < -0.39 is 0 Å². The quantitative estimate of drug-likeness (QED) is 0.624. The molecule has 2 rings (SSSR count). The van der Waals surface area contributed by atoms with E-state index in [2.05, 4.69) is 31.5 Å². The molecule has 0 amide bonds. The van der Waals surface area contributed by atoms with Crippen LogP contribution < -0.4 is 5.32 Å². The van der Waals surface area contributed by atoms with E-state index in [0.717, 1.165) is 24.3 Å². The maximum atomic E-state index is 5.82. The molecule has 0 aliphatic heterocycles. The van der Waals surface area contributed by atoms with E-state index in [1.54, 1.807) is 6.33 Å². The molecule has 7 heteroatoms. The third-order valence-electron chi connectivity index (χ3n) is 2.33. The summed E-state index contributed by atoms with van der Waals surface area (Å²) in [5.74, 6) is 1.91. The van der Waals surface area contributed by atoms with Crippen LogP contribution in [-0.2, 0) is 0 Å². The fraction of sp³-hybridized carbons (Fsp3) is 0.500. The van der Waals surface area contributed by atoms with Gasteiger partial charge in [-0.2, -0.15) is 21.7 Å². The first-order chi connectivity index (χ1) is 8.31. The van der Waals surface area contributed by atoms with Crippen molar-refractivity contribution >= 4 is 40.3 Å². The smallest absolute Gasteiger partial charge is 0.226 e. The number of aromatic nitrogens is 4. The van der Waals surface area contributed by atoms with E-state index in [4.69, 9.17) is 11.6 Å². The van der Waals surface area contributed by atoms with E-state index >= 15 is 0 Å². The lowest BCUT2D eigenvalue weighted by atomic mass is 10.3. The van der Waals surface area contributed by atoms with Gasteiger partial charge in [0.05, 0.1) is 6.33 Å². The summed E-state index contributed by atoms with van der Waals surface area (Å²) in [6, 6.07) is 0. The van der Waals surface area contributed by atoms with Crippen LogP contribution in [0.2, 0.25) is 5.28 Å². The Kier molecular flexibility index (Phi) is 4.44. The summed E-state index contributed by atoms with van der Waals surface area (Å²) < 4.78 is 0. The molecule has 2 N–H and O–H groups in total. The lowest BCUT2D eigenvalue weighted by molar-refractivity contribution is 0.840. The second kappa shape index (κ2) is 6.07. The van der Waals surface area contributed by atoms with Crippen LogP contribution in [0.5, 0.6) is 0 Å². The highest BCUT2D eigenvalue weighted by Crippen LogP contribution is 2.18. The maximum Gasteiger partial charge on any atom is 0.226 e. The first-order valence-corrected chi connectivity index (χ1v) is 7.18. The average molecular weight is 272 g/mol. The first-order valence-electron chi connectivity index (χ1n) is 5.40. The van der Waals surface area contributed by atoms with Crippen LogP contribution in [0.1, 0.15) is 12.8 Å². The van der Waals surface area contributed by atoms with Crippen LogP contribution in [0.4, 0.5) is 5.82 Å². The fourth-order valence-corrected chi connectivity index (χ4v) is 2.17. The van der Waals surface area contributed by atoms with E-state index in [0.29, 0.717) is 5.65 Å². The second-order valence-electron chi connectivity index (χ2n) is 3.57. The molecule has 0 unspecified atom stereocenters. The molecule has 2 aromatic heterocycles.